The SMILES string of the molecule is C.CN1CCC(=C2c3ccccc3CC(=O)c3sccc32)CC1. The summed E-state index contributed by atoms with van der Waals surface area (Å²) in [6, 6.07) is 10.6. The number of nitrogens with zero attached hydrogens (tertiary/aromatic N) is 1. The topological polar surface area (TPSA) is 20.3 Å². The number of hydrogen-bond donors (Lipinski definition) is 0. The van der Waals surface area contributed by atoms with Gasteiger partial charge in [0.1, 0.15) is 0 Å². The number of likely N-dealkylation sites (tertiary alicyclic amines) is 1. The first kappa shape index (κ1) is 16.2. The van der Waals surface area contributed by atoms with Crippen LogP contribution in [0, 0.1) is 0 Å². The minimum atomic E-state index is 0. The normalized spacial score (nSPS) is 18.0. The Bertz CT molecular complexity index is 761. The molecule has 2 aromatic rings. The Morgan fingerprint density at radius 1 is 1.04 bits per heavy atom. The van der Waals surface area contributed by atoms with Gasteiger partial charge in [0.15, 0.2) is 5.78 Å². The minimum Gasteiger partial charge on any atom is -0.306 e. The second-order valence-electron chi connectivity index (χ2n) is 6.20. The van der Waals surface area contributed by atoms with Crippen LogP contribution in [0.5, 0.6) is 0 Å². The van der Waals surface area contributed by atoms with Gasteiger partial charge in [0, 0.05) is 25.1 Å². The third kappa shape index (κ3) is 2.79. The van der Waals surface area contributed by atoms with Crippen LogP contribution in [0.1, 0.15) is 46.6 Å². The fourth-order valence-electron chi connectivity index (χ4n) is 3.56. The van der Waals surface area contributed by atoms with Crippen LogP contribution in [-0.4, -0.2) is 30.8 Å². The molecule has 120 valence electrons. The fourth-order valence-corrected chi connectivity index (χ4v) is 4.40. The van der Waals surface area contributed by atoms with E-state index in [1.807, 2.05) is 6.07 Å². The predicted octanol–water partition coefficient (Wildman–Crippen LogP) is 4.65. The molecule has 0 N–H and O–H groups in total. The van der Waals surface area contributed by atoms with Crippen molar-refractivity contribution >= 4 is 22.7 Å². The zero-order chi connectivity index (χ0) is 15.1. The molecule has 0 unspecified atom stereocenters. The molecule has 3 heteroatoms. The predicted molar refractivity (Wildman–Crippen MR) is 98.3 cm³/mol. The fraction of sp³-hybridized carbons (Fsp3) is 0.350. The van der Waals surface area contributed by atoms with Crippen molar-refractivity contribution in [2.24, 2.45) is 0 Å². The molecule has 2 nitrogen and oxygen atoms in total. The van der Waals surface area contributed by atoms with Crippen LogP contribution in [0.25, 0.3) is 5.57 Å². The largest absolute Gasteiger partial charge is 0.306 e. The zero-order valence-corrected chi connectivity index (χ0v) is 13.6. The zero-order valence-electron chi connectivity index (χ0n) is 12.8. The molecule has 4 rings (SSSR count). The summed E-state index contributed by atoms with van der Waals surface area (Å²) < 4.78 is 0. The van der Waals surface area contributed by atoms with E-state index in [1.165, 1.54) is 27.8 Å². The minimum absolute atomic E-state index is 0. The van der Waals surface area contributed by atoms with Gasteiger partial charge in [-0.05, 0) is 48.0 Å². The molecule has 1 aliphatic carbocycles. The molecule has 0 amide bonds. The van der Waals surface area contributed by atoms with Crippen molar-refractivity contribution in [1.82, 2.24) is 4.90 Å². The maximum absolute atomic E-state index is 12.6. The number of piperidine rings is 1. The number of fused-ring (bicyclic) bond motifs is 2. The molecule has 23 heavy (non-hydrogen) atoms. The average molecular weight is 325 g/mol. The lowest BCUT2D eigenvalue weighted by Crippen LogP contribution is -2.27. The summed E-state index contributed by atoms with van der Waals surface area (Å²) in [5.41, 5.74) is 6.47. The van der Waals surface area contributed by atoms with Crippen molar-refractivity contribution in [3.63, 3.8) is 0 Å². The highest BCUT2D eigenvalue weighted by Crippen LogP contribution is 2.40. The molecule has 0 atom stereocenters. The van der Waals surface area contributed by atoms with Crippen LogP contribution in [0.2, 0.25) is 0 Å². The Morgan fingerprint density at radius 2 is 1.78 bits per heavy atom. The lowest BCUT2D eigenvalue weighted by molar-refractivity contribution is 0.0997. The van der Waals surface area contributed by atoms with Crippen molar-refractivity contribution in [1.29, 1.82) is 0 Å². The van der Waals surface area contributed by atoms with E-state index in [2.05, 4.69) is 41.6 Å². The smallest absolute Gasteiger partial charge is 0.177 e. The van der Waals surface area contributed by atoms with Crippen molar-refractivity contribution < 1.29 is 4.79 Å². The number of hydrogen-bond acceptors (Lipinski definition) is 3. The van der Waals surface area contributed by atoms with E-state index < -0.39 is 0 Å². The van der Waals surface area contributed by atoms with E-state index in [4.69, 9.17) is 0 Å². The molecule has 1 saturated heterocycles. The molecule has 0 bridgehead atoms. The lowest BCUT2D eigenvalue weighted by Gasteiger charge is -2.27. The number of rotatable bonds is 0. The first-order valence-corrected chi connectivity index (χ1v) is 8.72. The number of carbonyl (C=O) groups is 1. The number of thiophene rings is 1. The first-order valence-electron chi connectivity index (χ1n) is 7.84. The summed E-state index contributed by atoms with van der Waals surface area (Å²) in [4.78, 5) is 15.9. The van der Waals surface area contributed by atoms with E-state index in [1.54, 1.807) is 11.3 Å². The summed E-state index contributed by atoms with van der Waals surface area (Å²) in [7, 11) is 2.18. The van der Waals surface area contributed by atoms with Gasteiger partial charge in [0.2, 0.25) is 0 Å². The number of carbonyl (C=O) groups excluding carboxylic acids is 1. The van der Waals surface area contributed by atoms with Gasteiger partial charge < -0.3 is 4.90 Å². The Hall–Kier alpha value is -1.71. The second kappa shape index (κ2) is 6.42. The van der Waals surface area contributed by atoms with Crippen molar-refractivity contribution in [3.8, 4) is 0 Å². The monoisotopic (exact) mass is 325 g/mol. The third-order valence-corrected chi connectivity index (χ3v) is 5.73. The summed E-state index contributed by atoms with van der Waals surface area (Å²) in [6.07, 6.45) is 2.73. The molecule has 1 aliphatic heterocycles. The van der Waals surface area contributed by atoms with Gasteiger partial charge in [-0.25, -0.2) is 0 Å². The van der Waals surface area contributed by atoms with Gasteiger partial charge in [0.05, 0.1) is 4.88 Å². The molecule has 2 heterocycles. The van der Waals surface area contributed by atoms with Crippen LogP contribution in [0.3, 0.4) is 0 Å². The van der Waals surface area contributed by atoms with E-state index in [0.717, 1.165) is 30.8 Å². The molecule has 1 fully saturated rings. The van der Waals surface area contributed by atoms with Gasteiger partial charge in [0.25, 0.3) is 0 Å². The third-order valence-electron chi connectivity index (χ3n) is 4.77. The van der Waals surface area contributed by atoms with Gasteiger partial charge in [-0.15, -0.1) is 11.3 Å². The number of Topliss-reactive ketones (excluding diaryl/α,β-unsaturated/α-hetero) is 1. The summed E-state index contributed by atoms with van der Waals surface area (Å²) in [6.45, 7) is 2.21. The highest BCUT2D eigenvalue weighted by atomic mass is 32.1. The second-order valence-corrected chi connectivity index (χ2v) is 7.12. The first-order chi connectivity index (χ1) is 10.7. The van der Waals surface area contributed by atoms with E-state index >= 15 is 0 Å². The average Bonchev–Trinajstić information content (AvgIpc) is 2.96. The molecular formula is C20H23NOS. The maximum Gasteiger partial charge on any atom is 0.177 e. The standard InChI is InChI=1S/C19H19NOS.CH4/c1-20-9-6-13(7-10-20)18-15-5-3-2-4-14(15)12-17(21)19-16(18)8-11-22-19;/h2-5,8,11H,6-7,9-10,12H2,1H3;1H4. The van der Waals surface area contributed by atoms with Crippen LogP contribution in [-0.2, 0) is 6.42 Å². The van der Waals surface area contributed by atoms with Crippen molar-refractivity contribution in [2.45, 2.75) is 26.7 Å². The van der Waals surface area contributed by atoms with Crippen molar-refractivity contribution in [3.05, 3.63) is 62.9 Å². The molecule has 1 aromatic carbocycles. The number of benzene rings is 1. The summed E-state index contributed by atoms with van der Waals surface area (Å²) >= 11 is 1.59. The highest BCUT2D eigenvalue weighted by Gasteiger charge is 2.27. The number of ketones is 1. The molecule has 0 saturated carbocycles. The Kier molecular flexibility index (Phi) is 4.51. The van der Waals surface area contributed by atoms with Gasteiger partial charge in [-0.3, -0.25) is 4.79 Å². The molecular weight excluding hydrogens is 302 g/mol. The molecule has 1 aromatic heterocycles. The molecule has 0 spiro atoms. The van der Waals surface area contributed by atoms with Gasteiger partial charge in [-0.1, -0.05) is 37.3 Å². The molecule has 0 radical (unpaired) electrons. The summed E-state index contributed by atoms with van der Waals surface area (Å²) in [5.74, 6) is 0.265. The quantitative estimate of drug-likeness (QED) is 0.702. The Balaban J connectivity index is 0.00000156. The van der Waals surface area contributed by atoms with Crippen LogP contribution >= 0.6 is 11.3 Å². The van der Waals surface area contributed by atoms with Crippen LogP contribution in [0.4, 0.5) is 0 Å². The molecule has 2 aliphatic rings. The van der Waals surface area contributed by atoms with E-state index in [9.17, 15) is 4.79 Å². The van der Waals surface area contributed by atoms with Crippen LogP contribution in [0.15, 0.2) is 41.3 Å². The Labute approximate surface area is 142 Å². The maximum atomic E-state index is 12.6. The Morgan fingerprint density at radius 3 is 2.57 bits per heavy atom. The van der Waals surface area contributed by atoms with Crippen molar-refractivity contribution in [2.75, 3.05) is 20.1 Å². The lowest BCUT2D eigenvalue weighted by atomic mass is 9.88. The van der Waals surface area contributed by atoms with Gasteiger partial charge in [-0.2, -0.15) is 0 Å². The van der Waals surface area contributed by atoms with Gasteiger partial charge >= 0.3 is 0 Å². The highest BCUT2D eigenvalue weighted by molar-refractivity contribution is 7.12. The van der Waals surface area contributed by atoms with E-state index in [-0.39, 0.29) is 13.2 Å². The van der Waals surface area contributed by atoms with Crippen LogP contribution < -0.4 is 0 Å². The van der Waals surface area contributed by atoms with E-state index in [0.29, 0.717) is 6.42 Å². The summed E-state index contributed by atoms with van der Waals surface area (Å²) in [5, 5.41) is 2.06.